The fraction of sp³-hybridized carbons (Fsp3) is 0.409. The summed E-state index contributed by atoms with van der Waals surface area (Å²) >= 11 is 12.3. The zero-order valence-electron chi connectivity index (χ0n) is 18.5. The highest BCUT2D eigenvalue weighted by atomic mass is 35.5. The maximum Gasteiger partial charge on any atom is 0.360 e. The number of esters is 1. The molecule has 3 heterocycles. The van der Waals surface area contributed by atoms with Gasteiger partial charge in [0.25, 0.3) is 5.91 Å². The molecule has 1 aliphatic heterocycles. The SMILES string of the molecule is CCOC(=O)c1nc2cc(Cl)c(Cl)cc2nc1N1CCCN(C(=O)c2c(C)noc2C)CC1. The van der Waals surface area contributed by atoms with E-state index in [1.54, 1.807) is 37.8 Å². The van der Waals surface area contributed by atoms with Crippen LogP contribution in [0.25, 0.3) is 11.0 Å². The Bertz CT molecular complexity index is 1210. The quantitative estimate of drug-likeness (QED) is 0.503. The Morgan fingerprint density at radius 3 is 2.39 bits per heavy atom. The third-order valence-corrected chi connectivity index (χ3v) is 6.21. The van der Waals surface area contributed by atoms with Crippen molar-refractivity contribution in [3.63, 3.8) is 0 Å². The summed E-state index contributed by atoms with van der Waals surface area (Å²) in [7, 11) is 0. The average Bonchev–Trinajstić information content (AvgIpc) is 2.97. The molecule has 1 amide bonds. The van der Waals surface area contributed by atoms with E-state index in [-0.39, 0.29) is 18.2 Å². The number of benzene rings is 1. The van der Waals surface area contributed by atoms with Crippen LogP contribution < -0.4 is 4.90 Å². The molecule has 9 nitrogen and oxygen atoms in total. The number of amides is 1. The Balaban J connectivity index is 1.66. The van der Waals surface area contributed by atoms with Crippen molar-refractivity contribution in [2.75, 3.05) is 37.7 Å². The molecular formula is C22H23Cl2N5O4. The lowest BCUT2D eigenvalue weighted by Crippen LogP contribution is -2.36. The Kier molecular flexibility index (Phi) is 6.71. The van der Waals surface area contributed by atoms with Gasteiger partial charge in [-0.2, -0.15) is 0 Å². The molecule has 0 atom stereocenters. The van der Waals surface area contributed by atoms with E-state index in [1.807, 2.05) is 4.90 Å². The van der Waals surface area contributed by atoms with Crippen LogP contribution in [0.3, 0.4) is 0 Å². The number of rotatable bonds is 4. The van der Waals surface area contributed by atoms with Gasteiger partial charge in [-0.15, -0.1) is 0 Å². The normalized spacial score (nSPS) is 14.5. The molecular weight excluding hydrogens is 469 g/mol. The molecule has 3 aromatic rings. The molecule has 174 valence electrons. The molecule has 1 saturated heterocycles. The molecule has 0 saturated carbocycles. The van der Waals surface area contributed by atoms with E-state index in [2.05, 4.69) is 15.1 Å². The minimum atomic E-state index is -0.569. The summed E-state index contributed by atoms with van der Waals surface area (Å²) in [5.74, 6) is 0.204. The molecule has 11 heteroatoms. The van der Waals surface area contributed by atoms with E-state index in [4.69, 9.17) is 32.5 Å². The maximum absolute atomic E-state index is 13.1. The Morgan fingerprint density at radius 2 is 1.76 bits per heavy atom. The van der Waals surface area contributed by atoms with Gasteiger partial charge in [0, 0.05) is 26.2 Å². The van der Waals surface area contributed by atoms with E-state index >= 15 is 0 Å². The van der Waals surface area contributed by atoms with Gasteiger partial charge in [0.15, 0.2) is 11.5 Å². The van der Waals surface area contributed by atoms with Crippen LogP contribution in [0.1, 0.15) is 45.6 Å². The van der Waals surface area contributed by atoms with E-state index in [0.29, 0.717) is 76.5 Å². The molecule has 4 rings (SSSR count). The van der Waals surface area contributed by atoms with Crippen LogP contribution in [0.5, 0.6) is 0 Å². The standard InChI is InChI=1S/C22H23Cl2N5O4/c1-4-32-22(31)19-20(26-17-11-15(24)14(23)10-16(17)25-19)28-6-5-7-29(9-8-28)21(30)18-12(2)27-33-13(18)3/h10-11H,4-9H2,1-3H3. The molecule has 0 spiro atoms. The van der Waals surface area contributed by atoms with Gasteiger partial charge in [-0.05, 0) is 39.3 Å². The smallest absolute Gasteiger partial charge is 0.360 e. The van der Waals surface area contributed by atoms with Crippen molar-refractivity contribution in [3.8, 4) is 0 Å². The zero-order valence-corrected chi connectivity index (χ0v) is 20.0. The number of carbonyl (C=O) groups excluding carboxylic acids is 2. The van der Waals surface area contributed by atoms with Crippen molar-refractivity contribution in [3.05, 3.63) is 44.9 Å². The van der Waals surface area contributed by atoms with E-state index in [1.165, 1.54) is 0 Å². The monoisotopic (exact) mass is 491 g/mol. The molecule has 33 heavy (non-hydrogen) atoms. The van der Waals surface area contributed by atoms with Crippen molar-refractivity contribution < 1.29 is 18.8 Å². The Morgan fingerprint density at radius 1 is 1.06 bits per heavy atom. The lowest BCUT2D eigenvalue weighted by molar-refractivity contribution is 0.0520. The molecule has 0 bridgehead atoms. The molecule has 1 fully saturated rings. The van der Waals surface area contributed by atoms with E-state index in [0.717, 1.165) is 0 Å². The predicted molar refractivity (Wildman–Crippen MR) is 124 cm³/mol. The van der Waals surface area contributed by atoms with Gasteiger partial charge in [0.2, 0.25) is 0 Å². The van der Waals surface area contributed by atoms with Crippen LogP contribution in [-0.2, 0) is 4.74 Å². The number of hydrogen-bond donors (Lipinski definition) is 0. The number of fused-ring (bicyclic) bond motifs is 1. The van der Waals surface area contributed by atoms with Crippen LogP contribution in [0, 0.1) is 13.8 Å². The summed E-state index contributed by atoms with van der Waals surface area (Å²) in [5, 5.41) is 4.56. The molecule has 0 N–H and O–H groups in total. The van der Waals surface area contributed by atoms with E-state index < -0.39 is 5.97 Å². The van der Waals surface area contributed by atoms with Crippen molar-refractivity contribution in [2.24, 2.45) is 0 Å². The second-order valence-corrected chi connectivity index (χ2v) is 8.52. The predicted octanol–water partition coefficient (Wildman–Crippen LogP) is 4.07. The first-order valence-electron chi connectivity index (χ1n) is 10.6. The minimum absolute atomic E-state index is 0.105. The molecule has 2 aromatic heterocycles. The number of aryl methyl sites for hydroxylation is 2. The second-order valence-electron chi connectivity index (χ2n) is 7.70. The fourth-order valence-corrected chi connectivity index (χ4v) is 4.19. The summed E-state index contributed by atoms with van der Waals surface area (Å²) in [4.78, 5) is 38.7. The number of hydrogen-bond acceptors (Lipinski definition) is 8. The summed E-state index contributed by atoms with van der Waals surface area (Å²) in [6, 6.07) is 3.20. The number of ether oxygens (including phenoxy) is 1. The maximum atomic E-state index is 13.1. The average molecular weight is 492 g/mol. The van der Waals surface area contributed by atoms with Crippen LogP contribution in [0.2, 0.25) is 10.0 Å². The molecule has 0 radical (unpaired) electrons. The third-order valence-electron chi connectivity index (χ3n) is 5.49. The molecule has 1 aliphatic rings. The number of aromatic nitrogens is 3. The van der Waals surface area contributed by atoms with Gasteiger partial charge >= 0.3 is 5.97 Å². The van der Waals surface area contributed by atoms with Gasteiger partial charge < -0.3 is 19.1 Å². The van der Waals surface area contributed by atoms with Crippen molar-refractivity contribution in [1.82, 2.24) is 20.0 Å². The minimum Gasteiger partial charge on any atom is -0.461 e. The Labute approximate surface area is 200 Å². The number of carbonyl (C=O) groups is 2. The first-order chi connectivity index (χ1) is 15.8. The lowest BCUT2D eigenvalue weighted by atomic mass is 10.1. The van der Waals surface area contributed by atoms with Crippen molar-refractivity contribution in [2.45, 2.75) is 27.2 Å². The van der Waals surface area contributed by atoms with Crippen LogP contribution in [-0.4, -0.2) is 64.7 Å². The first kappa shape index (κ1) is 23.3. The zero-order chi connectivity index (χ0) is 23.7. The van der Waals surface area contributed by atoms with E-state index in [9.17, 15) is 9.59 Å². The van der Waals surface area contributed by atoms with Gasteiger partial charge in [0.05, 0.1) is 33.4 Å². The summed E-state index contributed by atoms with van der Waals surface area (Å²) in [6.45, 7) is 7.45. The largest absolute Gasteiger partial charge is 0.461 e. The van der Waals surface area contributed by atoms with Gasteiger partial charge in [0.1, 0.15) is 11.3 Å². The highest BCUT2D eigenvalue weighted by Crippen LogP contribution is 2.29. The van der Waals surface area contributed by atoms with Gasteiger partial charge in [-0.1, -0.05) is 28.4 Å². The van der Waals surface area contributed by atoms with Crippen LogP contribution in [0.15, 0.2) is 16.7 Å². The number of halogens is 2. The second kappa shape index (κ2) is 9.52. The summed E-state index contributed by atoms with van der Waals surface area (Å²) < 4.78 is 10.4. The van der Waals surface area contributed by atoms with Gasteiger partial charge in [-0.25, -0.2) is 14.8 Å². The fourth-order valence-electron chi connectivity index (χ4n) is 3.88. The van der Waals surface area contributed by atoms with Crippen LogP contribution >= 0.6 is 23.2 Å². The topological polar surface area (TPSA) is 102 Å². The van der Waals surface area contributed by atoms with Crippen molar-refractivity contribution in [1.29, 1.82) is 0 Å². The summed E-state index contributed by atoms with van der Waals surface area (Å²) in [5.41, 5.74) is 2.13. The first-order valence-corrected chi connectivity index (χ1v) is 11.4. The van der Waals surface area contributed by atoms with Gasteiger partial charge in [-0.3, -0.25) is 4.79 Å². The van der Waals surface area contributed by atoms with Crippen molar-refractivity contribution >= 4 is 51.9 Å². The highest BCUT2D eigenvalue weighted by molar-refractivity contribution is 6.42. The highest BCUT2D eigenvalue weighted by Gasteiger charge is 2.28. The third kappa shape index (κ3) is 4.60. The molecule has 1 aromatic carbocycles. The number of anilines is 1. The van der Waals surface area contributed by atoms with Crippen LogP contribution in [0.4, 0.5) is 5.82 Å². The summed E-state index contributed by atoms with van der Waals surface area (Å²) in [6.07, 6.45) is 0.679. The lowest BCUT2D eigenvalue weighted by Gasteiger charge is -2.24. The number of nitrogens with zero attached hydrogens (tertiary/aromatic N) is 5. The molecule has 0 aliphatic carbocycles. The Hall–Kier alpha value is -2.91. The molecule has 0 unspecified atom stereocenters.